The molecule has 0 aliphatic carbocycles. The summed E-state index contributed by atoms with van der Waals surface area (Å²) in [5, 5.41) is 4.43. The lowest BCUT2D eigenvalue weighted by Crippen LogP contribution is -2.49. The summed E-state index contributed by atoms with van der Waals surface area (Å²) in [6.07, 6.45) is 8.81. The molecule has 122 valence electrons. The standard InChI is InChI=1S/C17H23N5O/c1-2-5-13(8-9-18)14-6-7-15(19)16(12-14)21-17(23)22-11-4-3-10-20-22/h2,5-9,12,20H,1,3-4,10-11,18-19H2,(H,21,23)/b9-8-,13-5+. The van der Waals surface area contributed by atoms with E-state index in [2.05, 4.69) is 17.3 Å². The number of nitrogens with zero attached hydrogens (tertiary/aromatic N) is 1. The monoisotopic (exact) mass is 313 g/mol. The first-order chi connectivity index (χ1) is 11.2. The zero-order chi connectivity index (χ0) is 16.7. The van der Waals surface area contributed by atoms with Gasteiger partial charge in [-0.2, -0.15) is 0 Å². The number of rotatable bonds is 4. The molecule has 23 heavy (non-hydrogen) atoms. The molecule has 1 heterocycles. The molecule has 0 saturated carbocycles. The van der Waals surface area contributed by atoms with Gasteiger partial charge in [-0.15, -0.1) is 0 Å². The molecule has 2 amide bonds. The van der Waals surface area contributed by atoms with Gasteiger partial charge in [-0.3, -0.25) is 5.01 Å². The van der Waals surface area contributed by atoms with Gasteiger partial charge in [0.25, 0.3) is 0 Å². The Balaban J connectivity index is 2.21. The molecular formula is C17H23N5O. The first-order valence-corrected chi connectivity index (χ1v) is 7.58. The number of hydrogen-bond acceptors (Lipinski definition) is 4. The quantitative estimate of drug-likeness (QED) is 0.507. The lowest BCUT2D eigenvalue weighted by atomic mass is 10.0. The van der Waals surface area contributed by atoms with Gasteiger partial charge in [0, 0.05) is 13.1 Å². The number of hydrogen-bond donors (Lipinski definition) is 4. The second kappa shape index (κ2) is 8.05. The summed E-state index contributed by atoms with van der Waals surface area (Å²) in [6.45, 7) is 5.18. The van der Waals surface area contributed by atoms with E-state index in [4.69, 9.17) is 11.5 Å². The van der Waals surface area contributed by atoms with Gasteiger partial charge in [-0.25, -0.2) is 10.2 Å². The van der Waals surface area contributed by atoms with Gasteiger partial charge in [0.1, 0.15) is 0 Å². The van der Waals surface area contributed by atoms with Crippen molar-refractivity contribution in [3.8, 4) is 0 Å². The largest absolute Gasteiger partial charge is 0.405 e. The smallest absolute Gasteiger partial charge is 0.336 e. The van der Waals surface area contributed by atoms with Crippen molar-refractivity contribution in [2.45, 2.75) is 12.8 Å². The fraction of sp³-hybridized carbons (Fsp3) is 0.235. The molecule has 0 bridgehead atoms. The molecule has 0 atom stereocenters. The highest BCUT2D eigenvalue weighted by molar-refractivity contribution is 5.93. The predicted molar refractivity (Wildman–Crippen MR) is 95.3 cm³/mol. The molecule has 2 rings (SSSR count). The molecule has 1 aliphatic heterocycles. The van der Waals surface area contributed by atoms with E-state index in [-0.39, 0.29) is 6.03 Å². The van der Waals surface area contributed by atoms with Crippen LogP contribution in [-0.4, -0.2) is 24.1 Å². The maximum absolute atomic E-state index is 12.3. The number of urea groups is 1. The number of nitrogens with one attached hydrogen (secondary N) is 2. The van der Waals surface area contributed by atoms with Crippen molar-refractivity contribution < 1.29 is 4.79 Å². The number of anilines is 2. The minimum atomic E-state index is -0.211. The van der Waals surface area contributed by atoms with E-state index in [1.807, 2.05) is 18.2 Å². The summed E-state index contributed by atoms with van der Waals surface area (Å²) >= 11 is 0. The van der Waals surface area contributed by atoms with E-state index < -0.39 is 0 Å². The number of allylic oxidation sites excluding steroid dienone is 4. The number of carbonyl (C=O) groups excluding carboxylic acids is 1. The molecule has 6 N–H and O–H groups in total. The topological polar surface area (TPSA) is 96.4 Å². The Morgan fingerprint density at radius 1 is 1.39 bits per heavy atom. The Hall–Kier alpha value is -2.73. The van der Waals surface area contributed by atoms with Gasteiger partial charge < -0.3 is 16.8 Å². The van der Waals surface area contributed by atoms with E-state index in [9.17, 15) is 4.79 Å². The second-order valence-corrected chi connectivity index (χ2v) is 5.22. The molecule has 6 heteroatoms. The van der Waals surface area contributed by atoms with Crippen LogP contribution in [0.3, 0.4) is 0 Å². The molecular weight excluding hydrogens is 290 g/mol. The average molecular weight is 313 g/mol. The fourth-order valence-corrected chi connectivity index (χ4v) is 2.37. The normalized spacial score (nSPS) is 15.7. The van der Waals surface area contributed by atoms with E-state index >= 15 is 0 Å². The number of nitrogen functional groups attached to an aromatic ring is 1. The van der Waals surface area contributed by atoms with Crippen LogP contribution < -0.4 is 22.2 Å². The Bertz CT molecular complexity index is 630. The van der Waals surface area contributed by atoms with Crippen molar-refractivity contribution in [1.82, 2.24) is 10.4 Å². The summed E-state index contributed by atoms with van der Waals surface area (Å²) in [4.78, 5) is 12.3. The van der Waals surface area contributed by atoms with Crippen LogP contribution in [0.25, 0.3) is 5.57 Å². The minimum absolute atomic E-state index is 0.211. The molecule has 1 aromatic rings. The Labute approximate surface area is 136 Å². The van der Waals surface area contributed by atoms with Crippen LogP contribution in [0.15, 0.2) is 49.2 Å². The molecule has 1 aliphatic rings. The van der Waals surface area contributed by atoms with E-state index in [1.165, 1.54) is 6.20 Å². The molecule has 0 unspecified atom stereocenters. The predicted octanol–water partition coefficient (Wildman–Crippen LogP) is 2.44. The van der Waals surface area contributed by atoms with Crippen LogP contribution in [0.1, 0.15) is 18.4 Å². The zero-order valence-electron chi connectivity index (χ0n) is 13.1. The third-order valence-electron chi connectivity index (χ3n) is 3.56. The van der Waals surface area contributed by atoms with Crippen LogP contribution in [0.2, 0.25) is 0 Å². The van der Waals surface area contributed by atoms with Gasteiger partial charge in [0.05, 0.1) is 11.4 Å². The van der Waals surface area contributed by atoms with Crippen LogP contribution in [0, 0.1) is 0 Å². The van der Waals surface area contributed by atoms with Crippen LogP contribution in [-0.2, 0) is 0 Å². The van der Waals surface area contributed by atoms with Crippen molar-refractivity contribution in [3.05, 3.63) is 54.8 Å². The lowest BCUT2D eigenvalue weighted by molar-refractivity contribution is 0.166. The summed E-state index contributed by atoms with van der Waals surface area (Å²) in [5.41, 5.74) is 17.4. The summed E-state index contributed by atoms with van der Waals surface area (Å²) in [7, 11) is 0. The highest BCUT2D eigenvalue weighted by atomic mass is 16.2. The number of amides is 2. The Morgan fingerprint density at radius 3 is 2.87 bits per heavy atom. The van der Waals surface area contributed by atoms with Crippen molar-refractivity contribution >= 4 is 23.0 Å². The van der Waals surface area contributed by atoms with Crippen molar-refractivity contribution in [2.75, 3.05) is 24.1 Å². The molecule has 0 aromatic heterocycles. The van der Waals surface area contributed by atoms with Crippen molar-refractivity contribution in [2.24, 2.45) is 5.73 Å². The second-order valence-electron chi connectivity index (χ2n) is 5.22. The van der Waals surface area contributed by atoms with Crippen molar-refractivity contribution in [1.29, 1.82) is 0 Å². The highest BCUT2D eigenvalue weighted by Gasteiger charge is 2.17. The molecule has 1 aromatic carbocycles. The van der Waals surface area contributed by atoms with Crippen LogP contribution in [0.4, 0.5) is 16.2 Å². The number of nitrogens with two attached hydrogens (primary N) is 2. The maximum Gasteiger partial charge on any atom is 0.336 e. The van der Waals surface area contributed by atoms with Gasteiger partial charge >= 0.3 is 6.03 Å². The van der Waals surface area contributed by atoms with Gasteiger partial charge in [-0.05, 0) is 48.4 Å². The third-order valence-corrected chi connectivity index (χ3v) is 3.56. The van der Waals surface area contributed by atoms with E-state index in [0.717, 1.165) is 30.5 Å². The van der Waals surface area contributed by atoms with Crippen LogP contribution >= 0.6 is 0 Å². The molecule has 0 radical (unpaired) electrons. The van der Waals surface area contributed by atoms with E-state index in [0.29, 0.717) is 17.9 Å². The molecule has 1 saturated heterocycles. The van der Waals surface area contributed by atoms with Crippen molar-refractivity contribution in [3.63, 3.8) is 0 Å². The molecule has 0 spiro atoms. The highest BCUT2D eigenvalue weighted by Crippen LogP contribution is 2.25. The fourth-order valence-electron chi connectivity index (χ4n) is 2.37. The van der Waals surface area contributed by atoms with Gasteiger partial charge in [0.2, 0.25) is 0 Å². The van der Waals surface area contributed by atoms with Crippen LogP contribution in [0.5, 0.6) is 0 Å². The first-order valence-electron chi connectivity index (χ1n) is 7.58. The summed E-state index contributed by atoms with van der Waals surface area (Å²) in [6, 6.07) is 5.25. The maximum atomic E-state index is 12.3. The SMILES string of the molecule is C=C/C=C(\C=C/N)c1ccc(N)c(NC(=O)N2CCCCN2)c1. The number of carbonyl (C=O) groups is 1. The summed E-state index contributed by atoms with van der Waals surface area (Å²) < 4.78 is 0. The average Bonchev–Trinajstić information content (AvgIpc) is 2.57. The summed E-state index contributed by atoms with van der Waals surface area (Å²) in [5.74, 6) is 0. The zero-order valence-corrected chi connectivity index (χ0v) is 13.1. The number of benzene rings is 1. The molecule has 6 nitrogen and oxygen atoms in total. The van der Waals surface area contributed by atoms with Gasteiger partial charge in [0.15, 0.2) is 0 Å². The lowest BCUT2D eigenvalue weighted by Gasteiger charge is -2.28. The molecule has 1 fully saturated rings. The Morgan fingerprint density at radius 2 is 2.22 bits per heavy atom. The third kappa shape index (κ3) is 4.37. The minimum Gasteiger partial charge on any atom is -0.405 e. The Kier molecular flexibility index (Phi) is 5.82. The first kappa shape index (κ1) is 16.6. The number of hydrazine groups is 1. The van der Waals surface area contributed by atoms with E-state index in [1.54, 1.807) is 23.2 Å². The van der Waals surface area contributed by atoms with Gasteiger partial charge in [-0.1, -0.05) is 24.8 Å².